The molecule has 1 heterocycles. The van der Waals surface area contributed by atoms with Crippen LogP contribution < -0.4 is 0 Å². The van der Waals surface area contributed by atoms with Gasteiger partial charge in [0, 0.05) is 18.2 Å². The first-order valence-electron chi connectivity index (χ1n) is 6.22. The topological polar surface area (TPSA) is 20.3 Å². The van der Waals surface area contributed by atoms with E-state index < -0.39 is 0 Å². The highest BCUT2D eigenvalue weighted by atomic mass is 19.1. The van der Waals surface area contributed by atoms with Gasteiger partial charge in [-0.1, -0.05) is 6.07 Å². The zero-order valence-corrected chi connectivity index (χ0v) is 9.95. The quantitative estimate of drug-likeness (QED) is 0.730. The fraction of sp³-hybridized carbons (Fsp3) is 0.500. The van der Waals surface area contributed by atoms with Gasteiger partial charge in [-0.3, -0.25) is 4.79 Å². The summed E-state index contributed by atoms with van der Waals surface area (Å²) < 4.78 is 13.4. The maximum Gasteiger partial charge on any atom is 0.254 e. The van der Waals surface area contributed by atoms with Crippen molar-refractivity contribution >= 4 is 5.91 Å². The summed E-state index contributed by atoms with van der Waals surface area (Å²) in [5, 5.41) is 0. The highest BCUT2D eigenvalue weighted by molar-refractivity contribution is 5.94. The standard InChI is InChI=1S/C14H16FNO/c1-9-2-4-11(7-13(9)15)14(17)16-8-10-3-5-12(16)6-10/h2,4,7,10,12H,3,5-6,8H2,1H3. The van der Waals surface area contributed by atoms with Gasteiger partial charge in [0.25, 0.3) is 5.91 Å². The van der Waals surface area contributed by atoms with Crippen molar-refractivity contribution in [2.24, 2.45) is 5.92 Å². The maximum atomic E-state index is 13.4. The monoisotopic (exact) mass is 233 g/mol. The summed E-state index contributed by atoms with van der Waals surface area (Å²) in [5.41, 5.74) is 1.07. The molecule has 2 nitrogen and oxygen atoms in total. The molecule has 90 valence electrons. The normalized spacial score (nSPS) is 26.6. The van der Waals surface area contributed by atoms with Gasteiger partial charge < -0.3 is 4.90 Å². The molecule has 2 atom stereocenters. The van der Waals surface area contributed by atoms with Gasteiger partial charge in [0.05, 0.1) is 0 Å². The van der Waals surface area contributed by atoms with E-state index in [9.17, 15) is 9.18 Å². The average molecular weight is 233 g/mol. The van der Waals surface area contributed by atoms with Crippen LogP contribution >= 0.6 is 0 Å². The Kier molecular flexibility index (Phi) is 2.42. The lowest BCUT2D eigenvalue weighted by atomic mass is 10.1. The molecule has 1 saturated carbocycles. The number of hydrogen-bond acceptors (Lipinski definition) is 1. The Labute approximate surface area is 100 Å². The van der Waals surface area contributed by atoms with Gasteiger partial charge in [-0.2, -0.15) is 0 Å². The molecule has 1 aliphatic heterocycles. The van der Waals surface area contributed by atoms with E-state index in [2.05, 4.69) is 0 Å². The van der Waals surface area contributed by atoms with Crippen molar-refractivity contribution < 1.29 is 9.18 Å². The minimum Gasteiger partial charge on any atom is -0.335 e. The van der Waals surface area contributed by atoms with Crippen molar-refractivity contribution in [3.05, 3.63) is 35.1 Å². The molecular weight excluding hydrogens is 217 g/mol. The van der Waals surface area contributed by atoms with Crippen molar-refractivity contribution in [3.63, 3.8) is 0 Å². The Balaban J connectivity index is 1.84. The van der Waals surface area contributed by atoms with E-state index in [-0.39, 0.29) is 11.7 Å². The Morgan fingerprint density at radius 1 is 1.41 bits per heavy atom. The van der Waals surface area contributed by atoms with E-state index in [1.807, 2.05) is 4.90 Å². The summed E-state index contributed by atoms with van der Waals surface area (Å²) in [7, 11) is 0. The molecule has 0 aromatic heterocycles. The highest BCUT2D eigenvalue weighted by Gasteiger charge is 2.40. The second-order valence-electron chi connectivity index (χ2n) is 5.25. The summed E-state index contributed by atoms with van der Waals surface area (Å²) in [6.07, 6.45) is 3.50. The second-order valence-corrected chi connectivity index (χ2v) is 5.25. The van der Waals surface area contributed by atoms with Crippen LogP contribution in [-0.4, -0.2) is 23.4 Å². The number of amides is 1. The first-order valence-corrected chi connectivity index (χ1v) is 6.22. The lowest BCUT2D eigenvalue weighted by molar-refractivity contribution is 0.0703. The van der Waals surface area contributed by atoms with E-state index in [1.54, 1.807) is 19.1 Å². The van der Waals surface area contributed by atoms with Crippen molar-refractivity contribution in [1.82, 2.24) is 4.90 Å². The molecule has 3 heteroatoms. The lowest BCUT2D eigenvalue weighted by Gasteiger charge is -2.27. The van der Waals surface area contributed by atoms with Gasteiger partial charge in [-0.15, -0.1) is 0 Å². The smallest absolute Gasteiger partial charge is 0.254 e. The number of halogens is 1. The SMILES string of the molecule is Cc1ccc(C(=O)N2CC3CCC2C3)cc1F. The Morgan fingerprint density at radius 3 is 2.82 bits per heavy atom. The number of benzene rings is 1. The molecule has 1 saturated heterocycles. The van der Waals surface area contributed by atoms with Crippen LogP contribution in [-0.2, 0) is 0 Å². The van der Waals surface area contributed by atoms with E-state index in [1.165, 1.54) is 12.5 Å². The third-order valence-corrected chi connectivity index (χ3v) is 4.09. The zero-order chi connectivity index (χ0) is 12.0. The Hall–Kier alpha value is -1.38. The fourth-order valence-corrected chi connectivity index (χ4v) is 3.07. The van der Waals surface area contributed by atoms with Crippen LogP contribution in [0, 0.1) is 18.7 Å². The average Bonchev–Trinajstić information content (AvgIpc) is 2.93. The minimum absolute atomic E-state index is 0.00361. The van der Waals surface area contributed by atoms with Gasteiger partial charge in [0.15, 0.2) is 0 Å². The molecule has 3 rings (SSSR count). The zero-order valence-electron chi connectivity index (χ0n) is 9.95. The number of carbonyl (C=O) groups is 1. The minimum atomic E-state index is -0.291. The van der Waals surface area contributed by atoms with Crippen molar-refractivity contribution in [1.29, 1.82) is 0 Å². The van der Waals surface area contributed by atoms with Gasteiger partial charge in [0.2, 0.25) is 0 Å². The Morgan fingerprint density at radius 2 is 2.24 bits per heavy atom. The van der Waals surface area contributed by atoms with Crippen LogP contribution in [0.2, 0.25) is 0 Å². The van der Waals surface area contributed by atoms with E-state index in [4.69, 9.17) is 0 Å². The molecule has 2 fully saturated rings. The lowest BCUT2D eigenvalue weighted by Crippen LogP contribution is -2.37. The van der Waals surface area contributed by atoms with Gasteiger partial charge in [0.1, 0.15) is 5.82 Å². The van der Waals surface area contributed by atoms with Crippen molar-refractivity contribution in [2.45, 2.75) is 32.2 Å². The summed E-state index contributed by atoms with van der Waals surface area (Å²) in [6, 6.07) is 5.17. The number of aryl methyl sites for hydroxylation is 1. The third-order valence-electron chi connectivity index (χ3n) is 4.09. The van der Waals surface area contributed by atoms with Crippen LogP contribution in [0.3, 0.4) is 0 Å². The maximum absolute atomic E-state index is 13.4. The molecule has 1 amide bonds. The molecule has 1 aliphatic carbocycles. The molecule has 1 aromatic rings. The molecule has 2 unspecified atom stereocenters. The van der Waals surface area contributed by atoms with Crippen LogP contribution in [0.4, 0.5) is 4.39 Å². The first-order chi connectivity index (χ1) is 8.15. The number of piperidine rings is 1. The summed E-state index contributed by atoms with van der Waals surface area (Å²) in [5.74, 6) is 0.385. The number of likely N-dealkylation sites (tertiary alicyclic amines) is 1. The van der Waals surface area contributed by atoms with Crippen LogP contribution in [0.5, 0.6) is 0 Å². The molecule has 0 radical (unpaired) electrons. The van der Waals surface area contributed by atoms with Crippen LogP contribution in [0.1, 0.15) is 35.2 Å². The number of hydrogen-bond donors (Lipinski definition) is 0. The predicted octanol–water partition coefficient (Wildman–Crippen LogP) is 2.76. The predicted molar refractivity (Wildman–Crippen MR) is 63.3 cm³/mol. The third kappa shape index (κ3) is 1.74. The number of nitrogens with zero attached hydrogens (tertiary/aromatic N) is 1. The first kappa shape index (κ1) is 10.8. The molecule has 17 heavy (non-hydrogen) atoms. The molecular formula is C14H16FNO. The summed E-state index contributed by atoms with van der Waals surface area (Å²) in [4.78, 5) is 14.2. The number of fused-ring (bicyclic) bond motifs is 2. The fourth-order valence-electron chi connectivity index (χ4n) is 3.07. The largest absolute Gasteiger partial charge is 0.335 e. The number of rotatable bonds is 1. The molecule has 1 aromatic carbocycles. The summed E-state index contributed by atoms with van der Waals surface area (Å²) in [6.45, 7) is 2.57. The van der Waals surface area contributed by atoms with Crippen LogP contribution in [0.15, 0.2) is 18.2 Å². The van der Waals surface area contributed by atoms with E-state index in [0.29, 0.717) is 23.1 Å². The van der Waals surface area contributed by atoms with E-state index >= 15 is 0 Å². The van der Waals surface area contributed by atoms with Gasteiger partial charge in [-0.05, 0) is 49.8 Å². The number of carbonyl (C=O) groups excluding carboxylic acids is 1. The van der Waals surface area contributed by atoms with Gasteiger partial charge >= 0.3 is 0 Å². The molecule has 2 bridgehead atoms. The van der Waals surface area contributed by atoms with Crippen molar-refractivity contribution in [3.8, 4) is 0 Å². The molecule has 0 N–H and O–H groups in total. The second kappa shape index (κ2) is 3.83. The molecule has 0 spiro atoms. The Bertz CT molecular complexity index is 471. The molecule has 2 aliphatic rings. The summed E-state index contributed by atoms with van der Waals surface area (Å²) >= 11 is 0. The van der Waals surface area contributed by atoms with Crippen LogP contribution in [0.25, 0.3) is 0 Å². The van der Waals surface area contributed by atoms with Crippen molar-refractivity contribution in [2.75, 3.05) is 6.54 Å². The highest BCUT2D eigenvalue weighted by Crippen LogP contribution is 2.38. The van der Waals surface area contributed by atoms with Gasteiger partial charge in [-0.25, -0.2) is 4.39 Å². The van der Waals surface area contributed by atoms with E-state index in [0.717, 1.165) is 19.4 Å².